The van der Waals surface area contributed by atoms with Crippen LogP contribution in [0.4, 0.5) is 15.8 Å². The van der Waals surface area contributed by atoms with Crippen molar-refractivity contribution in [1.29, 1.82) is 0 Å². The third-order valence-electron chi connectivity index (χ3n) is 5.12. The summed E-state index contributed by atoms with van der Waals surface area (Å²) in [6.45, 7) is 6.28. The molecule has 0 aliphatic carbocycles. The van der Waals surface area contributed by atoms with E-state index in [9.17, 15) is 14.5 Å². The van der Waals surface area contributed by atoms with Gasteiger partial charge in [-0.25, -0.2) is 4.39 Å². The lowest BCUT2D eigenvalue weighted by Gasteiger charge is -2.42. The van der Waals surface area contributed by atoms with Crippen LogP contribution >= 0.6 is 0 Å². The molecule has 0 saturated carbocycles. The zero-order valence-electron chi connectivity index (χ0n) is 13.3. The summed E-state index contributed by atoms with van der Waals surface area (Å²) in [7, 11) is 0. The molecule has 1 aromatic carbocycles. The smallest absolute Gasteiger partial charge is 0.292 e. The van der Waals surface area contributed by atoms with E-state index < -0.39 is 10.7 Å². The summed E-state index contributed by atoms with van der Waals surface area (Å²) in [5, 5.41) is 17.7. The van der Waals surface area contributed by atoms with Gasteiger partial charge in [-0.2, -0.15) is 0 Å². The first-order valence-corrected chi connectivity index (χ1v) is 8.14. The molecule has 0 aromatic heterocycles. The maximum absolute atomic E-state index is 13.4. The second-order valence-corrected chi connectivity index (χ2v) is 6.75. The maximum Gasteiger partial charge on any atom is 0.292 e. The van der Waals surface area contributed by atoms with Crippen LogP contribution in [0.2, 0.25) is 0 Å². The molecule has 2 heterocycles. The SMILES string of the molecule is CC1(N2CCC(Nc3cc(F)ccc3[N+](=O)[O-])CC2)CCNC1. The molecule has 6 nitrogen and oxygen atoms in total. The van der Waals surface area contributed by atoms with E-state index in [0.717, 1.165) is 51.5 Å². The number of nitrogens with one attached hydrogen (secondary N) is 2. The highest BCUT2D eigenvalue weighted by Crippen LogP contribution is 2.30. The molecule has 0 amide bonds. The Bertz CT molecular complexity index is 581. The normalized spacial score (nSPS) is 26.3. The number of hydrogen-bond acceptors (Lipinski definition) is 5. The maximum atomic E-state index is 13.4. The van der Waals surface area contributed by atoms with Crippen LogP contribution < -0.4 is 10.6 Å². The van der Waals surface area contributed by atoms with Gasteiger partial charge in [-0.15, -0.1) is 0 Å². The molecule has 23 heavy (non-hydrogen) atoms. The molecule has 7 heteroatoms. The fourth-order valence-corrected chi connectivity index (χ4v) is 3.64. The zero-order valence-corrected chi connectivity index (χ0v) is 13.3. The lowest BCUT2D eigenvalue weighted by molar-refractivity contribution is -0.384. The van der Waals surface area contributed by atoms with Crippen molar-refractivity contribution in [2.45, 2.75) is 37.8 Å². The summed E-state index contributed by atoms with van der Waals surface area (Å²) in [4.78, 5) is 13.1. The van der Waals surface area contributed by atoms with E-state index in [1.807, 2.05) is 0 Å². The number of piperidine rings is 1. The van der Waals surface area contributed by atoms with E-state index in [2.05, 4.69) is 22.5 Å². The molecule has 2 N–H and O–H groups in total. The van der Waals surface area contributed by atoms with Crippen molar-refractivity contribution >= 4 is 11.4 Å². The van der Waals surface area contributed by atoms with Crippen molar-refractivity contribution in [3.8, 4) is 0 Å². The van der Waals surface area contributed by atoms with Crippen molar-refractivity contribution in [1.82, 2.24) is 10.2 Å². The number of nitrogens with zero attached hydrogens (tertiary/aromatic N) is 2. The summed E-state index contributed by atoms with van der Waals surface area (Å²) in [5.41, 5.74) is 0.429. The van der Waals surface area contributed by atoms with Crippen molar-refractivity contribution in [3.05, 3.63) is 34.1 Å². The van der Waals surface area contributed by atoms with Gasteiger partial charge in [-0.1, -0.05) is 0 Å². The molecule has 2 aliphatic heterocycles. The summed E-state index contributed by atoms with van der Waals surface area (Å²) in [6, 6.07) is 3.70. The molecule has 2 fully saturated rings. The Balaban J connectivity index is 1.63. The van der Waals surface area contributed by atoms with Crippen LogP contribution in [-0.4, -0.2) is 47.6 Å². The summed E-state index contributed by atoms with van der Waals surface area (Å²) < 4.78 is 13.4. The first-order valence-electron chi connectivity index (χ1n) is 8.14. The fourth-order valence-electron chi connectivity index (χ4n) is 3.64. The molecular weight excluding hydrogens is 299 g/mol. The molecule has 0 radical (unpaired) electrons. The van der Waals surface area contributed by atoms with Gasteiger partial charge >= 0.3 is 0 Å². The molecule has 1 atom stereocenters. The van der Waals surface area contributed by atoms with Gasteiger partial charge < -0.3 is 10.6 Å². The molecule has 0 spiro atoms. The van der Waals surface area contributed by atoms with E-state index in [4.69, 9.17) is 0 Å². The van der Waals surface area contributed by atoms with Gasteiger partial charge in [0, 0.05) is 43.3 Å². The molecule has 1 unspecified atom stereocenters. The number of rotatable bonds is 4. The average Bonchev–Trinajstić information content (AvgIpc) is 2.96. The van der Waals surface area contributed by atoms with Crippen LogP contribution in [0.3, 0.4) is 0 Å². The highest BCUT2D eigenvalue weighted by molar-refractivity contribution is 5.61. The number of hydrogen-bond donors (Lipinski definition) is 2. The average molecular weight is 322 g/mol. The molecule has 1 aromatic rings. The van der Waals surface area contributed by atoms with Crippen molar-refractivity contribution in [3.63, 3.8) is 0 Å². The van der Waals surface area contributed by atoms with E-state index in [0.29, 0.717) is 0 Å². The van der Waals surface area contributed by atoms with E-state index in [-0.39, 0.29) is 23.0 Å². The van der Waals surface area contributed by atoms with Crippen LogP contribution in [0.25, 0.3) is 0 Å². The molecular formula is C16H23FN4O2. The predicted octanol–water partition coefficient (Wildman–Crippen LogP) is 2.36. The largest absolute Gasteiger partial charge is 0.377 e. The van der Waals surface area contributed by atoms with Gasteiger partial charge in [0.1, 0.15) is 11.5 Å². The van der Waals surface area contributed by atoms with Crippen molar-refractivity contribution in [2.75, 3.05) is 31.5 Å². The predicted molar refractivity (Wildman–Crippen MR) is 87.2 cm³/mol. The first kappa shape index (κ1) is 16.1. The van der Waals surface area contributed by atoms with E-state index in [1.165, 1.54) is 12.1 Å². The highest BCUT2D eigenvalue weighted by Gasteiger charge is 2.37. The van der Waals surface area contributed by atoms with Gasteiger partial charge in [0.2, 0.25) is 0 Å². The monoisotopic (exact) mass is 322 g/mol. The van der Waals surface area contributed by atoms with Gasteiger partial charge in [0.05, 0.1) is 4.92 Å². The minimum absolute atomic E-state index is 0.0687. The van der Waals surface area contributed by atoms with Crippen LogP contribution in [0.1, 0.15) is 26.2 Å². The quantitative estimate of drug-likeness (QED) is 0.658. The molecule has 2 saturated heterocycles. The topological polar surface area (TPSA) is 70.4 Å². The zero-order chi connectivity index (χ0) is 16.4. The van der Waals surface area contributed by atoms with Crippen LogP contribution in [0.5, 0.6) is 0 Å². The molecule has 126 valence electrons. The number of nitro benzene ring substituents is 1. The Labute approximate surface area is 135 Å². The number of halogens is 1. The summed E-state index contributed by atoms with van der Waals surface area (Å²) >= 11 is 0. The third-order valence-corrected chi connectivity index (χ3v) is 5.12. The minimum Gasteiger partial charge on any atom is -0.377 e. The Morgan fingerprint density at radius 3 is 2.78 bits per heavy atom. The van der Waals surface area contributed by atoms with Crippen molar-refractivity contribution in [2.24, 2.45) is 0 Å². The second kappa shape index (κ2) is 6.41. The van der Waals surface area contributed by atoms with Crippen LogP contribution in [-0.2, 0) is 0 Å². The Morgan fingerprint density at radius 2 is 2.17 bits per heavy atom. The van der Waals surface area contributed by atoms with Crippen LogP contribution in [0.15, 0.2) is 18.2 Å². The van der Waals surface area contributed by atoms with Gasteiger partial charge in [-0.05, 0) is 38.8 Å². The third kappa shape index (κ3) is 3.45. The van der Waals surface area contributed by atoms with Crippen LogP contribution in [0, 0.1) is 15.9 Å². The molecule has 2 aliphatic rings. The number of anilines is 1. The lowest BCUT2D eigenvalue weighted by atomic mass is 9.94. The number of likely N-dealkylation sites (tertiary alicyclic amines) is 1. The van der Waals surface area contributed by atoms with Gasteiger partial charge in [-0.3, -0.25) is 15.0 Å². The Hall–Kier alpha value is -1.73. The molecule has 0 bridgehead atoms. The number of benzene rings is 1. The summed E-state index contributed by atoms with van der Waals surface area (Å²) in [6.07, 6.45) is 2.97. The van der Waals surface area contributed by atoms with Crippen molar-refractivity contribution < 1.29 is 9.31 Å². The fraction of sp³-hybridized carbons (Fsp3) is 0.625. The summed E-state index contributed by atoms with van der Waals surface area (Å²) in [5.74, 6) is -0.458. The first-order chi connectivity index (χ1) is 11.0. The molecule has 3 rings (SSSR count). The number of nitro groups is 1. The Morgan fingerprint density at radius 1 is 1.43 bits per heavy atom. The van der Waals surface area contributed by atoms with E-state index in [1.54, 1.807) is 0 Å². The second-order valence-electron chi connectivity index (χ2n) is 6.75. The Kier molecular flexibility index (Phi) is 4.50. The lowest BCUT2D eigenvalue weighted by Crippen LogP contribution is -2.52. The van der Waals surface area contributed by atoms with E-state index >= 15 is 0 Å². The highest BCUT2D eigenvalue weighted by atomic mass is 19.1. The standard InChI is InChI=1S/C16H23FN4O2/c1-16(6-7-18-11-16)20-8-4-13(5-9-20)19-14-10-12(17)2-3-15(14)21(22)23/h2-3,10,13,18-19H,4-9,11H2,1H3. The van der Waals surface area contributed by atoms with Gasteiger partial charge in [0.15, 0.2) is 0 Å². The minimum atomic E-state index is -0.470. The van der Waals surface area contributed by atoms with Gasteiger partial charge in [0.25, 0.3) is 5.69 Å².